The molecule has 0 spiro atoms. The molecule has 0 aliphatic rings. The van der Waals surface area contributed by atoms with Gasteiger partial charge < -0.3 is 15.4 Å². The van der Waals surface area contributed by atoms with E-state index in [1.54, 1.807) is 7.11 Å². The molecule has 7 heteroatoms. The Morgan fingerprint density at radius 3 is 2.60 bits per heavy atom. The van der Waals surface area contributed by atoms with Gasteiger partial charge in [-0.25, -0.2) is 9.97 Å². The summed E-state index contributed by atoms with van der Waals surface area (Å²) in [5.74, 6) is 2.21. The minimum atomic E-state index is 0.691. The highest BCUT2D eigenvalue weighted by molar-refractivity contribution is 9.11. The second-order valence-corrected chi connectivity index (χ2v) is 5.63. The van der Waals surface area contributed by atoms with Crippen molar-refractivity contribution in [3.05, 3.63) is 33.5 Å². The van der Waals surface area contributed by atoms with E-state index in [1.165, 1.54) is 6.33 Å². The largest absolute Gasteiger partial charge is 0.497 e. The van der Waals surface area contributed by atoms with Gasteiger partial charge in [-0.1, -0.05) is 15.9 Å². The van der Waals surface area contributed by atoms with E-state index in [9.17, 15) is 0 Å². The van der Waals surface area contributed by atoms with Crippen molar-refractivity contribution in [2.45, 2.75) is 6.92 Å². The van der Waals surface area contributed by atoms with E-state index in [1.807, 2.05) is 25.1 Å². The van der Waals surface area contributed by atoms with Gasteiger partial charge in [0.15, 0.2) is 0 Å². The Morgan fingerprint density at radius 1 is 1.15 bits per heavy atom. The molecule has 0 atom stereocenters. The molecule has 0 aliphatic heterocycles. The van der Waals surface area contributed by atoms with Gasteiger partial charge in [-0.05, 0) is 35.0 Å². The molecule has 106 valence electrons. The summed E-state index contributed by atoms with van der Waals surface area (Å²) in [5.41, 5.74) is 0.873. The van der Waals surface area contributed by atoms with Crippen molar-refractivity contribution >= 4 is 49.2 Å². The highest BCUT2D eigenvalue weighted by Crippen LogP contribution is 2.31. The van der Waals surface area contributed by atoms with Crippen molar-refractivity contribution in [3.63, 3.8) is 0 Å². The fourth-order valence-corrected chi connectivity index (χ4v) is 2.55. The molecule has 2 rings (SSSR count). The van der Waals surface area contributed by atoms with Crippen LogP contribution in [0.5, 0.6) is 5.75 Å². The fourth-order valence-electron chi connectivity index (χ4n) is 1.64. The van der Waals surface area contributed by atoms with Gasteiger partial charge in [-0.15, -0.1) is 0 Å². The molecule has 2 aromatic rings. The zero-order valence-corrected chi connectivity index (χ0v) is 14.2. The first kappa shape index (κ1) is 15.1. The zero-order chi connectivity index (χ0) is 14.5. The van der Waals surface area contributed by atoms with Crippen molar-refractivity contribution in [3.8, 4) is 5.75 Å². The normalized spacial score (nSPS) is 10.2. The summed E-state index contributed by atoms with van der Waals surface area (Å²) in [6, 6.07) is 5.74. The molecule has 0 unspecified atom stereocenters. The average molecular weight is 402 g/mol. The van der Waals surface area contributed by atoms with Gasteiger partial charge in [-0.3, -0.25) is 0 Å². The zero-order valence-electron chi connectivity index (χ0n) is 11.1. The van der Waals surface area contributed by atoms with E-state index >= 15 is 0 Å². The summed E-state index contributed by atoms with van der Waals surface area (Å²) >= 11 is 6.95. The quantitative estimate of drug-likeness (QED) is 0.786. The van der Waals surface area contributed by atoms with Gasteiger partial charge >= 0.3 is 0 Å². The number of nitrogens with one attached hydrogen (secondary N) is 2. The molecule has 1 aromatic heterocycles. The predicted octanol–water partition coefficient (Wildman–Crippen LogP) is 4.19. The molecule has 5 nitrogen and oxygen atoms in total. The van der Waals surface area contributed by atoms with Crippen LogP contribution in [-0.4, -0.2) is 23.6 Å². The van der Waals surface area contributed by atoms with Crippen LogP contribution >= 0.6 is 31.9 Å². The summed E-state index contributed by atoms with van der Waals surface area (Å²) in [6.07, 6.45) is 1.51. The second kappa shape index (κ2) is 6.90. The summed E-state index contributed by atoms with van der Waals surface area (Å²) in [7, 11) is 1.63. The Balaban J connectivity index is 2.30. The van der Waals surface area contributed by atoms with Gasteiger partial charge in [0.05, 0.1) is 7.11 Å². The van der Waals surface area contributed by atoms with Crippen LogP contribution in [0.2, 0.25) is 0 Å². The SMILES string of the molecule is CCNc1ncnc(Nc2cc(Br)cc(OC)c2)c1Br. The Bertz CT molecular complexity index is 607. The first-order chi connectivity index (χ1) is 9.63. The summed E-state index contributed by atoms with van der Waals surface area (Å²) in [5, 5.41) is 6.40. The van der Waals surface area contributed by atoms with E-state index in [0.717, 1.165) is 32.7 Å². The van der Waals surface area contributed by atoms with Crippen LogP contribution in [-0.2, 0) is 0 Å². The first-order valence-electron chi connectivity index (χ1n) is 6.00. The van der Waals surface area contributed by atoms with Gasteiger partial charge in [0.1, 0.15) is 28.2 Å². The predicted molar refractivity (Wildman–Crippen MR) is 87.9 cm³/mol. The lowest BCUT2D eigenvalue weighted by Crippen LogP contribution is -2.03. The van der Waals surface area contributed by atoms with Crippen LogP contribution in [0.25, 0.3) is 0 Å². The first-order valence-corrected chi connectivity index (χ1v) is 7.58. The maximum atomic E-state index is 5.24. The summed E-state index contributed by atoms with van der Waals surface area (Å²) < 4.78 is 6.96. The van der Waals surface area contributed by atoms with Crippen molar-refractivity contribution in [1.82, 2.24) is 9.97 Å². The monoisotopic (exact) mass is 400 g/mol. The number of anilines is 3. The summed E-state index contributed by atoms with van der Waals surface area (Å²) in [4.78, 5) is 8.41. The van der Waals surface area contributed by atoms with Crippen molar-refractivity contribution < 1.29 is 4.74 Å². The molecule has 0 fully saturated rings. The smallest absolute Gasteiger partial charge is 0.150 e. The van der Waals surface area contributed by atoms with E-state index < -0.39 is 0 Å². The number of hydrogen-bond acceptors (Lipinski definition) is 5. The molecule has 0 amide bonds. The maximum Gasteiger partial charge on any atom is 0.150 e. The number of benzene rings is 1. The molecule has 1 aromatic carbocycles. The van der Waals surface area contributed by atoms with Gasteiger partial charge in [0.25, 0.3) is 0 Å². The van der Waals surface area contributed by atoms with E-state index in [-0.39, 0.29) is 0 Å². The molecule has 0 bridgehead atoms. The Kier molecular flexibility index (Phi) is 5.19. The number of hydrogen-bond donors (Lipinski definition) is 2. The Hall–Kier alpha value is -1.34. The molecular formula is C13H14Br2N4O. The van der Waals surface area contributed by atoms with Crippen molar-refractivity contribution in [1.29, 1.82) is 0 Å². The highest BCUT2D eigenvalue weighted by Gasteiger charge is 2.09. The Labute approximate surface area is 134 Å². The van der Waals surface area contributed by atoms with E-state index in [2.05, 4.69) is 52.5 Å². The van der Waals surface area contributed by atoms with Crippen LogP contribution in [0, 0.1) is 0 Å². The number of nitrogens with zero attached hydrogens (tertiary/aromatic N) is 2. The molecule has 2 N–H and O–H groups in total. The van der Waals surface area contributed by atoms with Gasteiger partial charge in [0.2, 0.25) is 0 Å². The van der Waals surface area contributed by atoms with Gasteiger partial charge in [-0.2, -0.15) is 0 Å². The lowest BCUT2D eigenvalue weighted by molar-refractivity contribution is 0.415. The highest BCUT2D eigenvalue weighted by atomic mass is 79.9. The van der Waals surface area contributed by atoms with Crippen LogP contribution in [0.1, 0.15) is 6.92 Å². The maximum absolute atomic E-state index is 5.24. The topological polar surface area (TPSA) is 59.1 Å². The van der Waals surface area contributed by atoms with Gasteiger partial charge in [0, 0.05) is 22.8 Å². The standard InChI is InChI=1S/C13H14Br2N4O/c1-3-16-12-11(15)13(18-7-17-12)19-9-4-8(14)5-10(6-9)20-2/h4-7H,3H2,1-2H3,(H2,16,17,18,19). The molecule has 0 saturated carbocycles. The fraction of sp³-hybridized carbons (Fsp3) is 0.231. The van der Waals surface area contributed by atoms with Crippen molar-refractivity contribution in [2.24, 2.45) is 0 Å². The third-order valence-corrected chi connectivity index (χ3v) is 3.71. The molecule has 0 saturated heterocycles. The molecular weight excluding hydrogens is 388 g/mol. The number of methoxy groups -OCH3 is 1. The van der Waals surface area contributed by atoms with Crippen molar-refractivity contribution in [2.75, 3.05) is 24.3 Å². The minimum absolute atomic E-state index is 0.691. The van der Waals surface area contributed by atoms with Crippen LogP contribution < -0.4 is 15.4 Å². The number of aromatic nitrogens is 2. The van der Waals surface area contributed by atoms with E-state index in [4.69, 9.17) is 4.74 Å². The minimum Gasteiger partial charge on any atom is -0.497 e. The lowest BCUT2D eigenvalue weighted by Gasteiger charge is -2.12. The Morgan fingerprint density at radius 2 is 1.90 bits per heavy atom. The third kappa shape index (κ3) is 3.61. The molecule has 0 aliphatic carbocycles. The number of halogens is 2. The molecule has 1 heterocycles. The van der Waals surface area contributed by atoms with E-state index in [0.29, 0.717) is 5.82 Å². The second-order valence-electron chi connectivity index (χ2n) is 3.92. The van der Waals surface area contributed by atoms with Crippen LogP contribution in [0.15, 0.2) is 33.5 Å². The van der Waals surface area contributed by atoms with Crippen LogP contribution in [0.4, 0.5) is 17.3 Å². The average Bonchev–Trinajstić information content (AvgIpc) is 2.43. The molecule has 0 radical (unpaired) electrons. The lowest BCUT2D eigenvalue weighted by atomic mass is 10.3. The van der Waals surface area contributed by atoms with Crippen LogP contribution in [0.3, 0.4) is 0 Å². The summed E-state index contributed by atoms with van der Waals surface area (Å²) in [6.45, 7) is 2.81. The number of ether oxygens (including phenoxy) is 1. The molecule has 20 heavy (non-hydrogen) atoms. The number of rotatable bonds is 5. The third-order valence-electron chi connectivity index (χ3n) is 2.50.